The number of halogens is 2. The van der Waals surface area contributed by atoms with E-state index in [-0.39, 0.29) is 30.2 Å². The predicted molar refractivity (Wildman–Crippen MR) is 111 cm³/mol. The smallest absolute Gasteiger partial charge is 0.261 e. The number of ether oxygens (including phenoxy) is 1. The van der Waals surface area contributed by atoms with Crippen LogP contribution >= 0.6 is 11.8 Å². The van der Waals surface area contributed by atoms with Crippen LogP contribution in [0.25, 0.3) is 10.9 Å². The standard InChI is InChI=1S/C20H26F2N4O2S/c21-15-7-13(24-12-3-1-2-4-12)8-16-18(15)19(27)26-17(25-16)10-29-14-5-6-20(22,11-23)28-9-14/h7-8,12,14,24H,1-6,9-11,23H2,(H,25,26,27)/t14-,20+/m0/s1. The van der Waals surface area contributed by atoms with Crippen LogP contribution in [-0.2, 0) is 10.5 Å². The number of nitrogens with two attached hydrogens (primary N) is 1. The van der Waals surface area contributed by atoms with Crippen LogP contribution in [0.5, 0.6) is 0 Å². The summed E-state index contributed by atoms with van der Waals surface area (Å²) < 4.78 is 33.8. The van der Waals surface area contributed by atoms with Gasteiger partial charge in [-0.25, -0.2) is 13.8 Å². The van der Waals surface area contributed by atoms with Crippen molar-refractivity contribution in [3.8, 4) is 0 Å². The Balaban J connectivity index is 1.47. The molecule has 1 saturated heterocycles. The van der Waals surface area contributed by atoms with E-state index in [2.05, 4.69) is 15.3 Å². The Bertz CT molecular complexity index is 925. The molecule has 29 heavy (non-hydrogen) atoms. The second-order valence-corrected chi connectivity index (χ2v) is 9.15. The zero-order valence-electron chi connectivity index (χ0n) is 16.2. The van der Waals surface area contributed by atoms with Gasteiger partial charge in [-0.05, 0) is 31.4 Å². The molecule has 0 spiro atoms. The molecule has 4 rings (SSSR count). The largest absolute Gasteiger partial charge is 0.382 e. The molecule has 6 nitrogen and oxygen atoms in total. The van der Waals surface area contributed by atoms with E-state index in [0.29, 0.717) is 35.2 Å². The van der Waals surface area contributed by atoms with Crippen LogP contribution in [0, 0.1) is 5.82 Å². The highest BCUT2D eigenvalue weighted by Gasteiger charge is 2.35. The van der Waals surface area contributed by atoms with Crippen LogP contribution in [0.15, 0.2) is 16.9 Å². The third-order valence-corrected chi connectivity index (χ3v) is 6.95. The van der Waals surface area contributed by atoms with E-state index in [9.17, 15) is 13.6 Å². The van der Waals surface area contributed by atoms with Crippen LogP contribution in [-0.4, -0.2) is 40.3 Å². The Hall–Kier alpha value is -1.71. The summed E-state index contributed by atoms with van der Waals surface area (Å²) in [4.78, 5) is 19.5. The first-order valence-corrected chi connectivity index (χ1v) is 11.1. The first kappa shape index (κ1) is 20.6. The summed E-state index contributed by atoms with van der Waals surface area (Å²) in [5, 5.41) is 3.42. The lowest BCUT2D eigenvalue weighted by Crippen LogP contribution is -2.42. The molecular weight excluding hydrogens is 398 g/mol. The fourth-order valence-corrected chi connectivity index (χ4v) is 4.97. The number of benzene rings is 1. The Labute approximate surface area is 172 Å². The molecule has 2 fully saturated rings. The number of thioether (sulfide) groups is 1. The molecule has 4 N–H and O–H groups in total. The molecule has 0 radical (unpaired) electrons. The van der Waals surface area contributed by atoms with Gasteiger partial charge in [0.2, 0.25) is 5.85 Å². The lowest BCUT2D eigenvalue weighted by atomic mass is 10.1. The van der Waals surface area contributed by atoms with Crippen molar-refractivity contribution in [2.24, 2.45) is 5.73 Å². The highest BCUT2D eigenvalue weighted by molar-refractivity contribution is 7.99. The van der Waals surface area contributed by atoms with E-state index in [0.717, 1.165) is 12.8 Å². The molecule has 0 unspecified atom stereocenters. The summed E-state index contributed by atoms with van der Waals surface area (Å²) in [6.45, 7) is 0.118. The van der Waals surface area contributed by atoms with Gasteiger partial charge < -0.3 is 20.8 Å². The van der Waals surface area contributed by atoms with Crippen molar-refractivity contribution in [3.63, 3.8) is 0 Å². The number of nitrogens with zero attached hydrogens (tertiary/aromatic N) is 1. The average molecular weight is 425 g/mol. The average Bonchev–Trinajstić information content (AvgIpc) is 3.20. The predicted octanol–water partition coefficient (Wildman–Crippen LogP) is 3.45. The third kappa shape index (κ3) is 4.73. The first-order valence-electron chi connectivity index (χ1n) is 10.1. The van der Waals surface area contributed by atoms with Crippen molar-refractivity contribution >= 4 is 28.4 Å². The van der Waals surface area contributed by atoms with Gasteiger partial charge in [0.05, 0.1) is 24.4 Å². The van der Waals surface area contributed by atoms with Crippen LogP contribution in [0.3, 0.4) is 0 Å². The molecule has 0 bridgehead atoms. The number of alkyl halides is 1. The molecule has 2 atom stereocenters. The summed E-state index contributed by atoms with van der Waals surface area (Å²) in [5.74, 6) is -1.39. The quantitative estimate of drug-likeness (QED) is 0.658. The van der Waals surface area contributed by atoms with E-state index in [4.69, 9.17) is 10.5 Å². The normalized spacial score (nSPS) is 25.6. The van der Waals surface area contributed by atoms with Crippen molar-refractivity contribution in [1.82, 2.24) is 9.97 Å². The maximum Gasteiger partial charge on any atom is 0.261 e. The topological polar surface area (TPSA) is 93.0 Å². The van der Waals surface area contributed by atoms with Gasteiger partial charge in [-0.15, -0.1) is 11.8 Å². The van der Waals surface area contributed by atoms with Gasteiger partial charge in [-0.3, -0.25) is 4.79 Å². The summed E-state index contributed by atoms with van der Waals surface area (Å²) in [5.41, 5.74) is 5.91. The maximum absolute atomic E-state index is 14.5. The first-order chi connectivity index (χ1) is 14.0. The number of fused-ring (bicyclic) bond motifs is 1. The number of aromatic nitrogens is 2. The van der Waals surface area contributed by atoms with Gasteiger partial charge in [-0.1, -0.05) is 12.8 Å². The molecule has 1 aromatic carbocycles. The number of nitrogens with one attached hydrogen (secondary N) is 2. The highest BCUT2D eigenvalue weighted by atomic mass is 32.2. The van der Waals surface area contributed by atoms with E-state index in [1.165, 1.54) is 30.7 Å². The SMILES string of the molecule is NC[C@@]1(F)CC[C@H](SCc2nc3cc(NC4CCCC4)cc(F)c3c(=O)[nH]2)CO1. The van der Waals surface area contributed by atoms with Crippen LogP contribution in [0.1, 0.15) is 44.3 Å². The Morgan fingerprint density at radius 1 is 1.34 bits per heavy atom. The summed E-state index contributed by atoms with van der Waals surface area (Å²) in [6.07, 6.45) is 5.38. The van der Waals surface area contributed by atoms with Crippen molar-refractivity contribution in [2.75, 3.05) is 18.5 Å². The lowest BCUT2D eigenvalue weighted by Gasteiger charge is -2.32. The molecule has 158 valence electrons. The molecule has 1 aliphatic carbocycles. The molecule has 1 aromatic heterocycles. The molecule has 0 amide bonds. The van der Waals surface area contributed by atoms with Gasteiger partial charge in [0, 0.05) is 23.4 Å². The van der Waals surface area contributed by atoms with Gasteiger partial charge in [0.15, 0.2) is 0 Å². The molecule has 1 aliphatic heterocycles. The number of rotatable bonds is 6. The van der Waals surface area contributed by atoms with Gasteiger partial charge in [-0.2, -0.15) is 0 Å². The molecular formula is C20H26F2N4O2S. The summed E-state index contributed by atoms with van der Waals surface area (Å²) >= 11 is 1.54. The molecule has 1 saturated carbocycles. The zero-order valence-corrected chi connectivity index (χ0v) is 17.0. The van der Waals surface area contributed by atoms with E-state index in [1.54, 1.807) is 6.07 Å². The fourth-order valence-electron chi connectivity index (χ4n) is 3.99. The number of hydrogen-bond acceptors (Lipinski definition) is 6. The molecule has 2 aromatic rings. The van der Waals surface area contributed by atoms with E-state index < -0.39 is 17.2 Å². The second-order valence-electron chi connectivity index (χ2n) is 7.86. The van der Waals surface area contributed by atoms with Gasteiger partial charge in [0.1, 0.15) is 17.0 Å². The Morgan fingerprint density at radius 3 is 2.83 bits per heavy atom. The number of anilines is 1. The zero-order chi connectivity index (χ0) is 20.4. The number of aromatic amines is 1. The van der Waals surface area contributed by atoms with Crippen molar-refractivity contribution in [1.29, 1.82) is 0 Å². The van der Waals surface area contributed by atoms with Crippen LogP contribution < -0.4 is 16.6 Å². The van der Waals surface area contributed by atoms with E-state index >= 15 is 0 Å². The Kier molecular flexibility index (Phi) is 6.08. The fraction of sp³-hybridized carbons (Fsp3) is 0.600. The van der Waals surface area contributed by atoms with Crippen molar-refractivity contribution in [2.45, 2.75) is 61.4 Å². The second kappa shape index (κ2) is 8.57. The maximum atomic E-state index is 14.5. The molecule has 9 heteroatoms. The minimum absolute atomic E-state index is 0.0260. The summed E-state index contributed by atoms with van der Waals surface area (Å²) in [7, 11) is 0. The minimum atomic E-state index is -1.73. The highest BCUT2D eigenvalue weighted by Crippen LogP contribution is 2.32. The van der Waals surface area contributed by atoms with Gasteiger partial charge in [0.25, 0.3) is 5.56 Å². The summed E-state index contributed by atoms with van der Waals surface area (Å²) in [6, 6.07) is 3.44. The van der Waals surface area contributed by atoms with Crippen molar-refractivity contribution in [3.05, 3.63) is 34.1 Å². The molecule has 2 heterocycles. The monoisotopic (exact) mass is 424 g/mol. The minimum Gasteiger partial charge on any atom is -0.382 e. The van der Waals surface area contributed by atoms with Crippen LogP contribution in [0.4, 0.5) is 14.5 Å². The Morgan fingerprint density at radius 2 is 2.14 bits per heavy atom. The third-order valence-electron chi connectivity index (χ3n) is 5.66. The molecule has 2 aliphatic rings. The van der Waals surface area contributed by atoms with Gasteiger partial charge >= 0.3 is 0 Å². The number of hydrogen-bond donors (Lipinski definition) is 3. The number of H-pyrrole nitrogens is 1. The van der Waals surface area contributed by atoms with E-state index in [1.807, 2.05) is 0 Å². The lowest BCUT2D eigenvalue weighted by molar-refractivity contribution is -0.160. The van der Waals surface area contributed by atoms with Crippen molar-refractivity contribution < 1.29 is 13.5 Å². The van der Waals surface area contributed by atoms with Crippen LogP contribution in [0.2, 0.25) is 0 Å².